The maximum Gasteiger partial charge on any atom is 0.330 e. The van der Waals surface area contributed by atoms with Crippen LogP contribution in [0.25, 0.3) is 5.52 Å². The molecule has 0 aliphatic carbocycles. The number of hydrogen-bond acceptors (Lipinski definition) is 9. The molecule has 0 radical (unpaired) electrons. The first-order chi connectivity index (χ1) is 22.1. The molecule has 3 heterocycles. The zero-order chi connectivity index (χ0) is 32.5. The number of hydrogen-bond donors (Lipinski definition) is 2. The molecule has 3 N–H and O–H groups in total. The molecule has 0 saturated carbocycles. The predicted molar refractivity (Wildman–Crippen MR) is 182 cm³/mol. The second-order valence-electron chi connectivity index (χ2n) is 12.2. The van der Waals surface area contributed by atoms with Crippen LogP contribution in [0.5, 0.6) is 0 Å². The van der Waals surface area contributed by atoms with E-state index in [4.69, 9.17) is 29.5 Å². The molecule has 0 aromatic carbocycles. The predicted octanol–water partition coefficient (Wildman–Crippen LogP) is 8.98. The SMILES string of the molecule is C#N.CCCCCCCCCCCCCCCCCCCC(COP(O)OCC1CCC(c2ccc3c(N)ncnn23)O1)OC. The molecular formula is C34H60N5O5P. The van der Waals surface area contributed by atoms with Gasteiger partial charge in [0.2, 0.25) is 0 Å². The minimum Gasteiger partial charge on any atom is -0.382 e. The normalized spacial score (nSPS) is 17.7. The number of nitrogens with zero attached hydrogens (tertiary/aromatic N) is 4. The molecule has 256 valence electrons. The summed E-state index contributed by atoms with van der Waals surface area (Å²) in [4.78, 5) is 14.3. The smallest absolute Gasteiger partial charge is 0.330 e. The number of fused-ring (bicyclic) bond motifs is 1. The number of methoxy groups -OCH3 is 1. The van der Waals surface area contributed by atoms with Crippen molar-refractivity contribution in [3.05, 3.63) is 24.2 Å². The van der Waals surface area contributed by atoms with Gasteiger partial charge in [-0.1, -0.05) is 116 Å². The highest BCUT2D eigenvalue weighted by Crippen LogP contribution is 2.38. The van der Waals surface area contributed by atoms with Crippen molar-refractivity contribution >= 4 is 19.9 Å². The minimum absolute atomic E-state index is 0.0266. The first kappa shape index (κ1) is 39.3. The number of nitrogens with two attached hydrogens (primary N) is 1. The fraction of sp³-hybridized carbons (Fsp3) is 0.794. The standard InChI is InChI=1S/C33H59N4O5P.CHN/c1-3-4-5-6-7-8-9-10-11-12-13-14-15-16-17-18-19-20-28(39-2)25-40-43(38)41-26-29-21-24-32(42-29)30-22-23-31-33(34)35-27-36-37(30)31;1-2/h22-23,27-29,32,38H,3-21,24-26H2,1-2H3,(H2,34,35,36);1H. The summed E-state index contributed by atoms with van der Waals surface area (Å²) in [5.74, 6) is 0.446. The van der Waals surface area contributed by atoms with Gasteiger partial charge in [0.05, 0.1) is 31.1 Å². The van der Waals surface area contributed by atoms with Gasteiger partial charge in [-0.2, -0.15) is 5.10 Å². The average Bonchev–Trinajstić information content (AvgIpc) is 3.72. The van der Waals surface area contributed by atoms with Crippen molar-refractivity contribution in [2.75, 3.05) is 26.1 Å². The van der Waals surface area contributed by atoms with Crippen LogP contribution in [-0.4, -0.2) is 52.0 Å². The number of nitrogen functional groups attached to an aromatic ring is 1. The van der Waals surface area contributed by atoms with Gasteiger partial charge in [0, 0.05) is 13.7 Å². The van der Waals surface area contributed by atoms with E-state index in [-0.39, 0.29) is 24.9 Å². The summed E-state index contributed by atoms with van der Waals surface area (Å²) < 4.78 is 24.7. The van der Waals surface area contributed by atoms with Crippen molar-refractivity contribution in [2.24, 2.45) is 0 Å². The summed E-state index contributed by atoms with van der Waals surface area (Å²) in [6.45, 7) is 6.41. The fourth-order valence-electron chi connectivity index (χ4n) is 5.96. The van der Waals surface area contributed by atoms with E-state index in [1.54, 1.807) is 11.6 Å². The molecule has 0 spiro atoms. The number of nitriles is 1. The maximum atomic E-state index is 10.3. The monoisotopic (exact) mass is 649 g/mol. The zero-order valence-corrected chi connectivity index (χ0v) is 28.9. The number of unbranched alkanes of at least 4 members (excludes halogenated alkanes) is 16. The van der Waals surface area contributed by atoms with E-state index in [1.807, 2.05) is 12.1 Å². The molecule has 2 aromatic heterocycles. The molecular weight excluding hydrogens is 589 g/mol. The van der Waals surface area contributed by atoms with E-state index in [2.05, 4.69) is 23.6 Å². The van der Waals surface area contributed by atoms with Crippen LogP contribution in [0.1, 0.15) is 147 Å². The van der Waals surface area contributed by atoms with Crippen LogP contribution >= 0.6 is 8.60 Å². The Labute approximate surface area is 273 Å². The van der Waals surface area contributed by atoms with Crippen molar-refractivity contribution in [3.63, 3.8) is 0 Å². The molecule has 1 saturated heterocycles. The van der Waals surface area contributed by atoms with Gasteiger partial charge in [-0.25, -0.2) is 14.8 Å². The van der Waals surface area contributed by atoms with Gasteiger partial charge >= 0.3 is 8.60 Å². The highest BCUT2D eigenvalue weighted by Gasteiger charge is 2.30. The van der Waals surface area contributed by atoms with Crippen LogP contribution < -0.4 is 5.73 Å². The lowest BCUT2D eigenvalue weighted by atomic mass is 10.0. The Morgan fingerprint density at radius 1 is 0.933 bits per heavy atom. The third-order valence-electron chi connectivity index (χ3n) is 8.65. The minimum atomic E-state index is -1.97. The molecule has 4 unspecified atom stereocenters. The van der Waals surface area contributed by atoms with Gasteiger partial charge in [-0.15, -0.1) is 0 Å². The Balaban J connectivity index is 0.00000345. The lowest BCUT2D eigenvalue weighted by molar-refractivity contribution is 0.00489. The van der Waals surface area contributed by atoms with E-state index in [0.29, 0.717) is 12.4 Å². The van der Waals surface area contributed by atoms with Gasteiger partial charge in [0.1, 0.15) is 17.9 Å². The molecule has 1 aliphatic rings. The van der Waals surface area contributed by atoms with Gasteiger partial charge in [0.15, 0.2) is 5.82 Å². The lowest BCUT2D eigenvalue weighted by Crippen LogP contribution is -2.18. The molecule has 2 aromatic rings. The van der Waals surface area contributed by atoms with Crippen LogP contribution in [0.15, 0.2) is 18.5 Å². The first-order valence-corrected chi connectivity index (χ1v) is 18.5. The topological polar surface area (TPSA) is 137 Å². The zero-order valence-electron chi connectivity index (χ0n) is 28.0. The van der Waals surface area contributed by atoms with Crippen LogP contribution in [0.3, 0.4) is 0 Å². The maximum absolute atomic E-state index is 10.3. The van der Waals surface area contributed by atoms with Crippen LogP contribution in [-0.2, 0) is 18.5 Å². The van der Waals surface area contributed by atoms with Gasteiger partial charge in [-0.05, 0) is 31.4 Å². The van der Waals surface area contributed by atoms with Gasteiger partial charge in [0.25, 0.3) is 0 Å². The number of anilines is 1. The van der Waals surface area contributed by atoms with Crippen molar-refractivity contribution < 1.29 is 23.4 Å². The molecule has 45 heavy (non-hydrogen) atoms. The van der Waals surface area contributed by atoms with Crippen molar-refractivity contribution in [3.8, 4) is 6.57 Å². The van der Waals surface area contributed by atoms with Gasteiger partial charge < -0.3 is 29.1 Å². The molecule has 10 nitrogen and oxygen atoms in total. The van der Waals surface area contributed by atoms with Gasteiger partial charge in [-0.3, -0.25) is 0 Å². The third kappa shape index (κ3) is 16.0. The van der Waals surface area contributed by atoms with Crippen molar-refractivity contribution in [2.45, 2.75) is 154 Å². The third-order valence-corrected chi connectivity index (χ3v) is 9.39. The highest BCUT2D eigenvalue weighted by atomic mass is 31.2. The van der Waals surface area contributed by atoms with Crippen LogP contribution in [0.2, 0.25) is 0 Å². The molecule has 3 rings (SSSR count). The Morgan fingerprint density at radius 2 is 1.51 bits per heavy atom. The van der Waals surface area contributed by atoms with Crippen molar-refractivity contribution in [1.82, 2.24) is 14.6 Å². The lowest BCUT2D eigenvalue weighted by Gasteiger charge is -2.19. The van der Waals surface area contributed by atoms with E-state index in [1.165, 1.54) is 109 Å². The highest BCUT2D eigenvalue weighted by molar-refractivity contribution is 7.40. The molecule has 0 bridgehead atoms. The Morgan fingerprint density at radius 3 is 2.09 bits per heavy atom. The summed E-state index contributed by atoms with van der Waals surface area (Å²) in [5, 5.41) is 10.8. The number of ether oxygens (including phenoxy) is 2. The second-order valence-corrected chi connectivity index (χ2v) is 13.1. The summed E-state index contributed by atoms with van der Waals surface area (Å²) >= 11 is 0. The summed E-state index contributed by atoms with van der Waals surface area (Å²) in [6.07, 6.45) is 27.1. The van der Waals surface area contributed by atoms with Crippen LogP contribution in [0.4, 0.5) is 5.82 Å². The molecule has 1 fully saturated rings. The summed E-state index contributed by atoms with van der Waals surface area (Å²) in [7, 11) is -0.262. The van der Waals surface area contributed by atoms with E-state index in [0.717, 1.165) is 36.9 Å². The largest absolute Gasteiger partial charge is 0.382 e. The Hall–Kier alpha value is -1.86. The molecule has 4 atom stereocenters. The second kappa shape index (κ2) is 25.3. The molecule has 11 heteroatoms. The summed E-state index contributed by atoms with van der Waals surface area (Å²) in [5.41, 5.74) is 7.66. The first-order valence-electron chi connectivity index (χ1n) is 17.4. The quantitative estimate of drug-likeness (QED) is 0.0755. The fourth-order valence-corrected chi connectivity index (χ4v) is 6.62. The Kier molecular flexibility index (Phi) is 22.1. The van der Waals surface area contributed by atoms with E-state index < -0.39 is 8.60 Å². The molecule has 0 amide bonds. The van der Waals surface area contributed by atoms with Crippen molar-refractivity contribution in [1.29, 1.82) is 5.26 Å². The average molecular weight is 650 g/mol. The summed E-state index contributed by atoms with van der Waals surface area (Å²) in [6, 6.07) is 3.88. The Bertz CT molecular complexity index is 1030. The van der Waals surface area contributed by atoms with Crippen LogP contribution in [0, 0.1) is 11.8 Å². The number of aromatic nitrogens is 3. The van der Waals surface area contributed by atoms with E-state index in [9.17, 15) is 4.89 Å². The number of rotatable bonds is 26. The molecule has 1 aliphatic heterocycles. The van der Waals surface area contributed by atoms with E-state index >= 15 is 0 Å².